The summed E-state index contributed by atoms with van der Waals surface area (Å²) in [4.78, 5) is 12.9. The number of likely N-dealkylation sites (tertiary alicyclic amines) is 1. The second kappa shape index (κ2) is 6.35. The minimum Gasteiger partial charge on any atom is -0.302 e. The molecule has 2 rings (SSSR count). The van der Waals surface area contributed by atoms with E-state index in [0.29, 0.717) is 5.56 Å². The van der Waals surface area contributed by atoms with E-state index in [2.05, 4.69) is 4.90 Å². The Hall–Kier alpha value is -1.13. The third kappa shape index (κ3) is 3.67. The van der Waals surface area contributed by atoms with E-state index in [1.807, 2.05) is 6.07 Å². The molecule has 0 aliphatic carbocycles. The molecule has 5 heteroatoms. The third-order valence-corrected chi connectivity index (χ3v) is 4.05. The van der Waals surface area contributed by atoms with Crippen molar-refractivity contribution in [2.24, 2.45) is 0 Å². The first-order valence-corrected chi connectivity index (χ1v) is 7.13. The molecule has 1 aromatic rings. The van der Waals surface area contributed by atoms with Crippen molar-refractivity contribution in [1.29, 1.82) is 0 Å². The van der Waals surface area contributed by atoms with Gasteiger partial charge in [-0.25, -0.2) is 0 Å². The van der Waals surface area contributed by atoms with Gasteiger partial charge in [-0.2, -0.15) is 0 Å². The molecule has 0 amide bonds. The normalized spacial score (nSPS) is 18.2. The van der Waals surface area contributed by atoms with Gasteiger partial charge in [0.15, 0.2) is 0 Å². The van der Waals surface area contributed by atoms with Gasteiger partial charge in [0.25, 0.3) is 5.69 Å². The van der Waals surface area contributed by atoms with Crippen LogP contribution in [0.1, 0.15) is 35.8 Å². The molecule has 1 unspecified atom stereocenters. The standard InChI is InChI=1S/C14H19ClN2O2/c1-11-5-6-12(9-14(11)17(18)19)13(15)10-16-7-3-2-4-8-16/h5-6,9,13H,2-4,7-8,10H2,1H3. The molecule has 1 aromatic carbocycles. The fourth-order valence-corrected chi connectivity index (χ4v) is 2.82. The first kappa shape index (κ1) is 14.3. The molecule has 1 atom stereocenters. The smallest absolute Gasteiger partial charge is 0.272 e. The number of aryl methyl sites for hydroxylation is 1. The van der Waals surface area contributed by atoms with Gasteiger partial charge < -0.3 is 4.90 Å². The highest BCUT2D eigenvalue weighted by molar-refractivity contribution is 6.21. The average Bonchev–Trinajstić information content (AvgIpc) is 2.40. The fourth-order valence-electron chi connectivity index (χ4n) is 2.49. The van der Waals surface area contributed by atoms with Crippen LogP contribution in [-0.2, 0) is 0 Å². The summed E-state index contributed by atoms with van der Waals surface area (Å²) < 4.78 is 0. The van der Waals surface area contributed by atoms with E-state index in [1.54, 1.807) is 19.1 Å². The average molecular weight is 283 g/mol. The Morgan fingerprint density at radius 3 is 2.68 bits per heavy atom. The van der Waals surface area contributed by atoms with Crippen molar-refractivity contribution in [3.63, 3.8) is 0 Å². The van der Waals surface area contributed by atoms with E-state index in [1.165, 1.54) is 19.3 Å². The van der Waals surface area contributed by atoms with Gasteiger partial charge >= 0.3 is 0 Å². The topological polar surface area (TPSA) is 46.4 Å². The van der Waals surface area contributed by atoms with Crippen LogP contribution >= 0.6 is 11.6 Å². The molecule has 0 N–H and O–H groups in total. The van der Waals surface area contributed by atoms with Crippen LogP contribution in [0.5, 0.6) is 0 Å². The van der Waals surface area contributed by atoms with Crippen LogP contribution in [0, 0.1) is 17.0 Å². The molecule has 19 heavy (non-hydrogen) atoms. The number of nitro benzene ring substituents is 1. The maximum atomic E-state index is 10.9. The monoisotopic (exact) mass is 282 g/mol. The number of benzene rings is 1. The Bertz CT molecular complexity index is 459. The molecule has 0 aromatic heterocycles. The minimum absolute atomic E-state index is 0.154. The predicted octanol–water partition coefficient (Wildman–Crippen LogP) is 3.67. The van der Waals surface area contributed by atoms with E-state index in [9.17, 15) is 10.1 Å². The van der Waals surface area contributed by atoms with Crippen LogP contribution in [0.25, 0.3) is 0 Å². The first-order chi connectivity index (χ1) is 9.08. The van der Waals surface area contributed by atoms with Crippen molar-refractivity contribution in [2.75, 3.05) is 19.6 Å². The Morgan fingerprint density at radius 1 is 1.37 bits per heavy atom. The Morgan fingerprint density at radius 2 is 2.05 bits per heavy atom. The molecule has 4 nitrogen and oxygen atoms in total. The molecule has 1 fully saturated rings. The molecule has 0 bridgehead atoms. The van der Waals surface area contributed by atoms with Crippen molar-refractivity contribution in [1.82, 2.24) is 4.90 Å². The molecule has 1 aliphatic heterocycles. The quantitative estimate of drug-likeness (QED) is 0.481. The van der Waals surface area contributed by atoms with Gasteiger partial charge in [0.2, 0.25) is 0 Å². The number of nitro groups is 1. The number of hydrogen-bond acceptors (Lipinski definition) is 3. The summed E-state index contributed by atoms with van der Waals surface area (Å²) in [5, 5.41) is 10.8. The molecular weight excluding hydrogens is 264 g/mol. The molecule has 104 valence electrons. The number of alkyl halides is 1. The number of piperidine rings is 1. The SMILES string of the molecule is Cc1ccc(C(Cl)CN2CCCCC2)cc1[N+](=O)[O-]. The lowest BCUT2D eigenvalue weighted by atomic mass is 10.1. The second-order valence-electron chi connectivity index (χ2n) is 5.13. The highest BCUT2D eigenvalue weighted by atomic mass is 35.5. The molecule has 1 heterocycles. The van der Waals surface area contributed by atoms with Crippen LogP contribution in [0.15, 0.2) is 18.2 Å². The van der Waals surface area contributed by atoms with Crippen LogP contribution < -0.4 is 0 Å². The van der Waals surface area contributed by atoms with Gasteiger partial charge in [-0.3, -0.25) is 10.1 Å². The van der Waals surface area contributed by atoms with Crippen LogP contribution in [0.4, 0.5) is 5.69 Å². The van der Waals surface area contributed by atoms with Gasteiger partial charge in [0, 0.05) is 18.2 Å². The highest BCUT2D eigenvalue weighted by Gasteiger charge is 2.19. The Balaban J connectivity index is 2.07. The highest BCUT2D eigenvalue weighted by Crippen LogP contribution is 2.28. The van der Waals surface area contributed by atoms with Crippen LogP contribution in [0.3, 0.4) is 0 Å². The summed E-state index contributed by atoms with van der Waals surface area (Å²) in [5.41, 5.74) is 1.67. The van der Waals surface area contributed by atoms with E-state index >= 15 is 0 Å². The maximum absolute atomic E-state index is 10.9. The summed E-state index contributed by atoms with van der Waals surface area (Å²) in [5.74, 6) is 0. The Labute approximate surface area is 118 Å². The summed E-state index contributed by atoms with van der Waals surface area (Å²) in [6, 6.07) is 5.28. The van der Waals surface area contributed by atoms with Crippen molar-refractivity contribution in [3.05, 3.63) is 39.4 Å². The lowest BCUT2D eigenvalue weighted by Crippen LogP contribution is -2.32. The van der Waals surface area contributed by atoms with Gasteiger partial charge in [-0.05, 0) is 38.4 Å². The molecule has 0 saturated carbocycles. The lowest BCUT2D eigenvalue weighted by Gasteiger charge is -2.28. The lowest BCUT2D eigenvalue weighted by molar-refractivity contribution is -0.385. The zero-order chi connectivity index (χ0) is 13.8. The first-order valence-electron chi connectivity index (χ1n) is 6.69. The molecule has 1 aliphatic rings. The molecule has 0 spiro atoms. The zero-order valence-corrected chi connectivity index (χ0v) is 11.9. The van der Waals surface area contributed by atoms with Gasteiger partial charge in [0.05, 0.1) is 10.3 Å². The Kier molecular flexibility index (Phi) is 4.77. The molecule has 1 saturated heterocycles. The van der Waals surface area contributed by atoms with Crippen molar-refractivity contribution in [2.45, 2.75) is 31.6 Å². The van der Waals surface area contributed by atoms with E-state index in [4.69, 9.17) is 11.6 Å². The summed E-state index contributed by atoms with van der Waals surface area (Å²) in [6.45, 7) is 4.67. The predicted molar refractivity (Wildman–Crippen MR) is 76.7 cm³/mol. The fraction of sp³-hybridized carbons (Fsp3) is 0.571. The third-order valence-electron chi connectivity index (χ3n) is 3.66. The molecule has 0 radical (unpaired) electrons. The van der Waals surface area contributed by atoms with Gasteiger partial charge in [-0.1, -0.05) is 18.6 Å². The zero-order valence-electron chi connectivity index (χ0n) is 11.1. The van der Waals surface area contributed by atoms with E-state index in [0.717, 1.165) is 25.2 Å². The summed E-state index contributed by atoms with van der Waals surface area (Å²) in [6.07, 6.45) is 3.73. The van der Waals surface area contributed by atoms with Crippen molar-refractivity contribution in [3.8, 4) is 0 Å². The maximum Gasteiger partial charge on any atom is 0.272 e. The van der Waals surface area contributed by atoms with Crippen LogP contribution in [0.2, 0.25) is 0 Å². The van der Waals surface area contributed by atoms with Gasteiger partial charge in [-0.15, -0.1) is 11.6 Å². The van der Waals surface area contributed by atoms with E-state index in [-0.39, 0.29) is 16.0 Å². The largest absolute Gasteiger partial charge is 0.302 e. The summed E-state index contributed by atoms with van der Waals surface area (Å²) >= 11 is 6.40. The second-order valence-corrected chi connectivity index (χ2v) is 5.66. The van der Waals surface area contributed by atoms with Crippen molar-refractivity contribution < 1.29 is 4.92 Å². The number of rotatable bonds is 4. The van der Waals surface area contributed by atoms with E-state index < -0.39 is 0 Å². The number of hydrogen-bond donors (Lipinski definition) is 0. The van der Waals surface area contributed by atoms with Crippen LogP contribution in [-0.4, -0.2) is 29.5 Å². The minimum atomic E-state index is -0.344. The van der Waals surface area contributed by atoms with Gasteiger partial charge in [0.1, 0.15) is 0 Å². The summed E-state index contributed by atoms with van der Waals surface area (Å²) in [7, 11) is 0. The molecular formula is C14H19ClN2O2. The number of nitrogens with zero attached hydrogens (tertiary/aromatic N) is 2. The number of halogens is 1. The van der Waals surface area contributed by atoms with Crippen molar-refractivity contribution >= 4 is 17.3 Å².